The molecule has 0 saturated carbocycles. The second kappa shape index (κ2) is 8.93. The average molecular weight is 342 g/mol. The Hall–Kier alpha value is -3.54. The summed E-state index contributed by atoms with van der Waals surface area (Å²) < 4.78 is 10.4. The Balaban J connectivity index is 1.88. The van der Waals surface area contributed by atoms with Crippen molar-refractivity contribution in [2.45, 2.75) is 6.42 Å². The minimum absolute atomic E-state index is 0.0660. The molecular weight excluding hydrogens is 324 g/mol. The molecule has 2 aromatic rings. The third-order valence-electron chi connectivity index (χ3n) is 3.28. The lowest BCUT2D eigenvalue weighted by atomic mass is 10.1. The number of nitrogens with zero attached hydrogens (tertiary/aromatic N) is 3. The van der Waals surface area contributed by atoms with Crippen molar-refractivity contribution in [2.75, 3.05) is 26.1 Å². The molecule has 25 heavy (non-hydrogen) atoms. The molecule has 1 aromatic carbocycles. The first-order chi connectivity index (χ1) is 12.2. The van der Waals surface area contributed by atoms with E-state index in [1.165, 1.54) is 12.5 Å². The van der Waals surface area contributed by atoms with Gasteiger partial charge in [-0.05, 0) is 24.1 Å². The Kier molecular flexibility index (Phi) is 6.36. The fourth-order valence-corrected chi connectivity index (χ4v) is 2.02. The fraction of sp³-hybridized carbons (Fsp3) is 0.250. The maximum atomic E-state index is 12.0. The molecule has 0 aliphatic carbocycles. The highest BCUT2D eigenvalue weighted by atomic mass is 16.5. The predicted molar refractivity (Wildman–Crippen MR) is 90.0 cm³/mol. The third-order valence-corrected chi connectivity index (χ3v) is 3.28. The molecule has 0 unspecified atom stereocenters. The highest BCUT2D eigenvalue weighted by Crippen LogP contribution is 2.27. The van der Waals surface area contributed by atoms with E-state index >= 15 is 0 Å². The Bertz CT molecular complexity index is 780. The molecule has 9 nitrogen and oxygen atoms in total. The van der Waals surface area contributed by atoms with Gasteiger partial charge in [-0.25, -0.2) is 5.10 Å². The van der Waals surface area contributed by atoms with Gasteiger partial charge in [0.1, 0.15) is 18.0 Å². The van der Waals surface area contributed by atoms with Gasteiger partial charge in [0.15, 0.2) is 11.5 Å². The van der Waals surface area contributed by atoms with E-state index in [9.17, 15) is 4.79 Å². The normalized spacial score (nSPS) is 10.7. The molecule has 0 radical (unpaired) electrons. The standard InChI is InChI=1S/C16H18N6O3/c1-24-13-4-3-11(7-14(13)25-2)5-6-18-15(23)12(8-17)9-19-16-20-10-21-22-16/h3-4,7,9-10H,5-6H2,1-2H3,(H,18,23)(H2,19,20,21,22)/b12-9-. The molecule has 1 amide bonds. The van der Waals surface area contributed by atoms with Gasteiger partial charge in [0.25, 0.3) is 5.91 Å². The Morgan fingerprint density at radius 2 is 2.16 bits per heavy atom. The zero-order chi connectivity index (χ0) is 18.1. The lowest BCUT2D eigenvalue weighted by Crippen LogP contribution is -2.27. The van der Waals surface area contributed by atoms with Crippen LogP contribution in [0, 0.1) is 11.3 Å². The van der Waals surface area contributed by atoms with Crippen LogP contribution < -0.4 is 20.1 Å². The van der Waals surface area contributed by atoms with E-state index in [1.807, 2.05) is 18.2 Å². The largest absolute Gasteiger partial charge is 0.493 e. The van der Waals surface area contributed by atoms with E-state index in [4.69, 9.17) is 14.7 Å². The quantitative estimate of drug-likeness (QED) is 0.483. The topological polar surface area (TPSA) is 125 Å². The summed E-state index contributed by atoms with van der Waals surface area (Å²) in [6, 6.07) is 7.37. The number of rotatable bonds is 8. The zero-order valence-electron chi connectivity index (χ0n) is 13.9. The minimum atomic E-state index is -0.477. The van der Waals surface area contributed by atoms with Crippen LogP contribution in [0.3, 0.4) is 0 Å². The van der Waals surface area contributed by atoms with Gasteiger partial charge in [0.2, 0.25) is 5.95 Å². The number of nitrogens with one attached hydrogen (secondary N) is 3. The summed E-state index contributed by atoms with van der Waals surface area (Å²) in [6.07, 6.45) is 3.16. The molecule has 0 saturated heterocycles. The van der Waals surface area contributed by atoms with Crippen LogP contribution in [0.15, 0.2) is 36.3 Å². The molecule has 3 N–H and O–H groups in total. The van der Waals surface area contributed by atoms with Crippen LogP contribution in [0.25, 0.3) is 0 Å². The first-order valence-corrected chi connectivity index (χ1v) is 7.39. The molecule has 0 aliphatic rings. The lowest BCUT2D eigenvalue weighted by molar-refractivity contribution is -0.117. The Morgan fingerprint density at radius 3 is 2.80 bits per heavy atom. The number of carbonyl (C=O) groups is 1. The van der Waals surface area contributed by atoms with Crippen molar-refractivity contribution < 1.29 is 14.3 Å². The average Bonchev–Trinajstić information content (AvgIpc) is 3.15. The monoisotopic (exact) mass is 342 g/mol. The van der Waals surface area contributed by atoms with Crippen molar-refractivity contribution in [2.24, 2.45) is 0 Å². The number of hydrogen-bond acceptors (Lipinski definition) is 7. The number of carbonyl (C=O) groups excluding carboxylic acids is 1. The number of ether oxygens (including phenoxy) is 2. The fourth-order valence-electron chi connectivity index (χ4n) is 2.02. The molecule has 1 aromatic heterocycles. The Morgan fingerprint density at radius 1 is 1.36 bits per heavy atom. The second-order valence-electron chi connectivity index (χ2n) is 4.84. The maximum absolute atomic E-state index is 12.0. The molecular formula is C16H18N6O3. The molecule has 130 valence electrons. The molecule has 0 atom stereocenters. The predicted octanol–water partition coefficient (Wildman–Crippen LogP) is 1.00. The SMILES string of the molecule is COc1ccc(CCNC(=O)/C(C#N)=C\Nc2ncn[nH]2)cc1OC. The van der Waals surface area contributed by atoms with Gasteiger partial charge in [0.05, 0.1) is 14.2 Å². The van der Waals surface area contributed by atoms with E-state index in [0.29, 0.717) is 30.4 Å². The van der Waals surface area contributed by atoms with Crippen LogP contribution in [0.4, 0.5) is 5.95 Å². The van der Waals surface area contributed by atoms with Crippen LogP contribution in [0.2, 0.25) is 0 Å². The van der Waals surface area contributed by atoms with Crippen LogP contribution in [0.1, 0.15) is 5.56 Å². The first-order valence-electron chi connectivity index (χ1n) is 7.39. The number of amides is 1. The molecule has 0 aliphatic heterocycles. The first kappa shape index (κ1) is 17.8. The van der Waals surface area contributed by atoms with Gasteiger partial charge in [-0.1, -0.05) is 6.07 Å². The summed E-state index contributed by atoms with van der Waals surface area (Å²) in [6.45, 7) is 0.371. The van der Waals surface area contributed by atoms with Crippen LogP contribution >= 0.6 is 0 Å². The summed E-state index contributed by atoms with van der Waals surface area (Å²) >= 11 is 0. The zero-order valence-corrected chi connectivity index (χ0v) is 13.9. The second-order valence-corrected chi connectivity index (χ2v) is 4.84. The molecule has 1 heterocycles. The molecule has 0 bridgehead atoms. The third kappa shape index (κ3) is 4.97. The summed E-state index contributed by atoms with van der Waals surface area (Å²) in [4.78, 5) is 15.8. The van der Waals surface area contributed by atoms with Crippen LogP contribution in [-0.2, 0) is 11.2 Å². The van der Waals surface area contributed by atoms with Crippen molar-refractivity contribution in [3.63, 3.8) is 0 Å². The molecule has 0 fully saturated rings. The summed E-state index contributed by atoms with van der Waals surface area (Å²) in [5.74, 6) is 1.13. The highest BCUT2D eigenvalue weighted by Gasteiger charge is 2.09. The van der Waals surface area contributed by atoms with Crippen molar-refractivity contribution in [1.29, 1.82) is 5.26 Å². The van der Waals surface area contributed by atoms with E-state index in [0.717, 1.165) is 5.56 Å². The van der Waals surface area contributed by atoms with Gasteiger partial charge >= 0.3 is 0 Å². The van der Waals surface area contributed by atoms with E-state index in [1.54, 1.807) is 20.3 Å². The number of nitriles is 1. The summed E-state index contributed by atoms with van der Waals surface area (Å²) in [5, 5.41) is 20.7. The van der Waals surface area contributed by atoms with Crippen LogP contribution in [-0.4, -0.2) is 41.9 Å². The van der Waals surface area contributed by atoms with Gasteiger partial charge in [-0.15, -0.1) is 0 Å². The van der Waals surface area contributed by atoms with Crippen molar-refractivity contribution in [3.8, 4) is 17.6 Å². The summed E-state index contributed by atoms with van der Waals surface area (Å²) in [7, 11) is 3.13. The van der Waals surface area contributed by atoms with Crippen molar-refractivity contribution >= 4 is 11.9 Å². The van der Waals surface area contributed by atoms with Gasteiger partial charge in [-0.3, -0.25) is 4.79 Å². The Labute approximate surface area is 144 Å². The molecule has 2 rings (SSSR count). The summed E-state index contributed by atoms with van der Waals surface area (Å²) in [5.41, 5.74) is 0.906. The van der Waals surface area contributed by atoms with Crippen molar-refractivity contribution in [1.82, 2.24) is 20.5 Å². The minimum Gasteiger partial charge on any atom is -0.493 e. The van der Waals surface area contributed by atoms with E-state index in [-0.39, 0.29) is 5.57 Å². The van der Waals surface area contributed by atoms with Crippen molar-refractivity contribution in [3.05, 3.63) is 41.9 Å². The highest BCUT2D eigenvalue weighted by molar-refractivity contribution is 5.97. The number of H-pyrrole nitrogens is 1. The van der Waals surface area contributed by atoms with E-state index < -0.39 is 5.91 Å². The van der Waals surface area contributed by atoms with Crippen LogP contribution in [0.5, 0.6) is 11.5 Å². The number of methoxy groups -OCH3 is 2. The molecule has 0 spiro atoms. The number of aromatic amines is 1. The molecule has 9 heteroatoms. The smallest absolute Gasteiger partial charge is 0.263 e. The number of hydrogen-bond donors (Lipinski definition) is 3. The van der Waals surface area contributed by atoms with Gasteiger partial charge in [0, 0.05) is 12.7 Å². The number of anilines is 1. The lowest BCUT2D eigenvalue weighted by Gasteiger charge is -2.10. The maximum Gasteiger partial charge on any atom is 0.263 e. The van der Waals surface area contributed by atoms with Gasteiger partial charge in [-0.2, -0.15) is 15.3 Å². The number of aromatic nitrogens is 3. The van der Waals surface area contributed by atoms with Gasteiger partial charge < -0.3 is 20.1 Å². The number of benzene rings is 1. The van der Waals surface area contributed by atoms with E-state index in [2.05, 4.69) is 25.8 Å².